The Kier molecular flexibility index (Phi) is 3.08. The molecule has 15 heavy (non-hydrogen) atoms. The van der Waals surface area contributed by atoms with E-state index in [1.807, 2.05) is 6.07 Å². The summed E-state index contributed by atoms with van der Waals surface area (Å²) in [6, 6.07) is 11.2. The first-order valence-corrected chi connectivity index (χ1v) is 5.66. The maximum atomic E-state index is 9.85. The lowest BCUT2D eigenvalue weighted by molar-refractivity contribution is 0.121. The summed E-state index contributed by atoms with van der Waals surface area (Å²) >= 11 is 0. The lowest BCUT2D eigenvalue weighted by Gasteiger charge is -2.12. The molecular formula is C13H19NO. The van der Waals surface area contributed by atoms with Gasteiger partial charge in [0, 0.05) is 12.1 Å². The SMILES string of the molecule is CC(C)[C@@H](O)[C@H]1N[C@H]1Cc1ccccc1. The lowest BCUT2D eigenvalue weighted by Crippen LogP contribution is -2.24. The second-order valence-electron chi connectivity index (χ2n) is 4.72. The van der Waals surface area contributed by atoms with Gasteiger partial charge in [0.15, 0.2) is 0 Å². The van der Waals surface area contributed by atoms with Crippen molar-refractivity contribution in [2.24, 2.45) is 5.92 Å². The van der Waals surface area contributed by atoms with Gasteiger partial charge in [-0.15, -0.1) is 0 Å². The third kappa shape index (κ3) is 2.58. The van der Waals surface area contributed by atoms with Crippen molar-refractivity contribution < 1.29 is 5.11 Å². The third-order valence-corrected chi connectivity index (χ3v) is 3.08. The Hall–Kier alpha value is -0.860. The Morgan fingerprint density at radius 3 is 2.53 bits per heavy atom. The number of nitrogens with one attached hydrogen (secondary N) is 1. The van der Waals surface area contributed by atoms with Gasteiger partial charge in [-0.2, -0.15) is 0 Å². The van der Waals surface area contributed by atoms with Gasteiger partial charge in [0.2, 0.25) is 0 Å². The summed E-state index contributed by atoms with van der Waals surface area (Å²) in [4.78, 5) is 0. The standard InChI is InChI=1S/C13H19NO/c1-9(2)13(15)12-11(14-12)8-10-6-4-3-5-7-10/h3-7,9,11-15H,8H2,1-2H3/t11-,12-,13+/m0/s1. The molecule has 0 bridgehead atoms. The first-order valence-electron chi connectivity index (χ1n) is 5.66. The zero-order valence-corrected chi connectivity index (χ0v) is 9.35. The highest BCUT2D eigenvalue weighted by molar-refractivity contribution is 5.19. The molecule has 0 radical (unpaired) electrons. The average molecular weight is 205 g/mol. The summed E-state index contributed by atoms with van der Waals surface area (Å²) in [6.07, 6.45) is 0.814. The van der Waals surface area contributed by atoms with Crippen molar-refractivity contribution >= 4 is 0 Å². The monoisotopic (exact) mass is 205 g/mol. The predicted molar refractivity (Wildman–Crippen MR) is 61.7 cm³/mol. The molecule has 1 heterocycles. The van der Waals surface area contributed by atoms with E-state index in [-0.39, 0.29) is 6.10 Å². The molecule has 1 aliphatic rings. The highest BCUT2D eigenvalue weighted by atomic mass is 16.3. The summed E-state index contributed by atoms with van der Waals surface area (Å²) in [5.74, 6) is 0.336. The van der Waals surface area contributed by atoms with Crippen LogP contribution in [0.5, 0.6) is 0 Å². The van der Waals surface area contributed by atoms with E-state index in [1.54, 1.807) is 0 Å². The molecule has 1 fully saturated rings. The predicted octanol–water partition coefficient (Wildman–Crippen LogP) is 1.59. The molecule has 2 N–H and O–H groups in total. The van der Waals surface area contributed by atoms with Gasteiger partial charge >= 0.3 is 0 Å². The van der Waals surface area contributed by atoms with Crippen LogP contribution in [0.3, 0.4) is 0 Å². The van der Waals surface area contributed by atoms with Gasteiger partial charge in [-0.25, -0.2) is 0 Å². The van der Waals surface area contributed by atoms with Crippen LogP contribution in [0.1, 0.15) is 19.4 Å². The molecule has 1 aromatic carbocycles. The van der Waals surface area contributed by atoms with E-state index >= 15 is 0 Å². The van der Waals surface area contributed by atoms with Crippen LogP contribution in [0.25, 0.3) is 0 Å². The Labute approximate surface area is 91.3 Å². The van der Waals surface area contributed by atoms with Gasteiger partial charge in [-0.1, -0.05) is 44.2 Å². The van der Waals surface area contributed by atoms with Gasteiger partial charge in [0.1, 0.15) is 0 Å². The van der Waals surface area contributed by atoms with E-state index in [4.69, 9.17) is 0 Å². The Bertz CT molecular complexity index is 310. The highest BCUT2D eigenvalue weighted by Gasteiger charge is 2.42. The zero-order valence-electron chi connectivity index (χ0n) is 9.35. The van der Waals surface area contributed by atoms with E-state index in [9.17, 15) is 5.11 Å². The summed E-state index contributed by atoms with van der Waals surface area (Å²) in [5, 5.41) is 13.2. The summed E-state index contributed by atoms with van der Waals surface area (Å²) in [7, 11) is 0. The molecule has 1 saturated heterocycles. The maximum absolute atomic E-state index is 9.85. The molecule has 0 aromatic heterocycles. The molecule has 1 aliphatic heterocycles. The van der Waals surface area contributed by atoms with Gasteiger partial charge < -0.3 is 10.4 Å². The molecule has 0 amide bonds. The number of hydrogen-bond donors (Lipinski definition) is 2. The van der Waals surface area contributed by atoms with Gasteiger partial charge in [-0.05, 0) is 17.9 Å². The minimum absolute atomic E-state index is 0.210. The summed E-state index contributed by atoms with van der Waals surface area (Å²) in [5.41, 5.74) is 1.34. The van der Waals surface area contributed by atoms with E-state index in [2.05, 4.69) is 43.4 Å². The summed E-state index contributed by atoms with van der Waals surface area (Å²) in [6.45, 7) is 4.12. The zero-order chi connectivity index (χ0) is 10.8. The summed E-state index contributed by atoms with van der Waals surface area (Å²) < 4.78 is 0. The second-order valence-corrected chi connectivity index (χ2v) is 4.72. The molecule has 1 aromatic rings. The van der Waals surface area contributed by atoms with Crippen LogP contribution in [0.2, 0.25) is 0 Å². The number of benzene rings is 1. The molecule has 0 unspecified atom stereocenters. The molecule has 2 rings (SSSR count). The third-order valence-electron chi connectivity index (χ3n) is 3.08. The van der Waals surface area contributed by atoms with Crippen LogP contribution in [0.15, 0.2) is 30.3 Å². The van der Waals surface area contributed by atoms with Crippen LogP contribution in [-0.2, 0) is 6.42 Å². The second kappa shape index (κ2) is 4.33. The molecule has 2 nitrogen and oxygen atoms in total. The topological polar surface area (TPSA) is 42.2 Å². The van der Waals surface area contributed by atoms with Crippen LogP contribution in [0.4, 0.5) is 0 Å². The van der Waals surface area contributed by atoms with Crippen molar-refractivity contribution in [3.63, 3.8) is 0 Å². The first kappa shape index (κ1) is 10.7. The molecule has 0 spiro atoms. The van der Waals surface area contributed by atoms with Crippen molar-refractivity contribution in [2.75, 3.05) is 0 Å². The van der Waals surface area contributed by atoms with Gasteiger partial charge in [0.05, 0.1) is 6.10 Å². The quantitative estimate of drug-likeness (QED) is 0.733. The largest absolute Gasteiger partial charge is 0.391 e. The van der Waals surface area contributed by atoms with E-state index in [0.717, 1.165) is 6.42 Å². The van der Waals surface area contributed by atoms with E-state index in [0.29, 0.717) is 18.0 Å². The lowest BCUT2D eigenvalue weighted by atomic mass is 9.99. The van der Waals surface area contributed by atoms with E-state index in [1.165, 1.54) is 5.56 Å². The molecule has 82 valence electrons. The minimum Gasteiger partial charge on any atom is -0.391 e. The Morgan fingerprint density at radius 1 is 1.27 bits per heavy atom. The minimum atomic E-state index is -0.210. The first-order chi connectivity index (χ1) is 7.18. The normalized spacial score (nSPS) is 26.7. The molecule has 0 aliphatic carbocycles. The number of rotatable bonds is 4. The van der Waals surface area contributed by atoms with Crippen molar-refractivity contribution in [1.82, 2.24) is 5.32 Å². The molecular weight excluding hydrogens is 186 g/mol. The fourth-order valence-corrected chi connectivity index (χ4v) is 2.00. The van der Waals surface area contributed by atoms with Crippen LogP contribution < -0.4 is 5.32 Å². The molecule has 0 saturated carbocycles. The van der Waals surface area contributed by atoms with Crippen molar-refractivity contribution in [3.05, 3.63) is 35.9 Å². The van der Waals surface area contributed by atoms with Crippen molar-refractivity contribution in [1.29, 1.82) is 0 Å². The molecule has 3 atom stereocenters. The maximum Gasteiger partial charge on any atom is 0.0731 e. The molecule has 2 heteroatoms. The number of aliphatic hydroxyl groups is 1. The van der Waals surface area contributed by atoms with Crippen LogP contribution in [-0.4, -0.2) is 23.3 Å². The van der Waals surface area contributed by atoms with Crippen molar-refractivity contribution in [3.8, 4) is 0 Å². The Balaban J connectivity index is 1.85. The van der Waals surface area contributed by atoms with Crippen LogP contribution in [0, 0.1) is 5.92 Å². The number of aliphatic hydroxyl groups excluding tert-OH is 1. The number of hydrogen-bond acceptors (Lipinski definition) is 2. The smallest absolute Gasteiger partial charge is 0.0731 e. The average Bonchev–Trinajstić information content (AvgIpc) is 2.97. The van der Waals surface area contributed by atoms with Crippen LogP contribution >= 0.6 is 0 Å². The highest BCUT2D eigenvalue weighted by Crippen LogP contribution is 2.23. The Morgan fingerprint density at radius 2 is 1.93 bits per heavy atom. The van der Waals surface area contributed by atoms with Gasteiger partial charge in [0.25, 0.3) is 0 Å². The van der Waals surface area contributed by atoms with Gasteiger partial charge in [-0.3, -0.25) is 0 Å². The van der Waals surface area contributed by atoms with E-state index < -0.39 is 0 Å². The fourth-order valence-electron chi connectivity index (χ4n) is 2.00. The van der Waals surface area contributed by atoms with Crippen molar-refractivity contribution in [2.45, 2.75) is 38.5 Å². The fraction of sp³-hybridized carbons (Fsp3) is 0.538.